The molecule has 0 atom stereocenters. The predicted octanol–water partition coefficient (Wildman–Crippen LogP) is 2.34. The summed E-state index contributed by atoms with van der Waals surface area (Å²) in [6, 6.07) is 5.40. The number of benzene rings is 1. The minimum atomic E-state index is -0.650. The molecule has 1 heterocycles. The minimum Gasteiger partial charge on any atom is -0.448 e. The van der Waals surface area contributed by atoms with Crippen molar-refractivity contribution >= 4 is 17.5 Å². The van der Waals surface area contributed by atoms with E-state index in [0.717, 1.165) is 38.5 Å². The largest absolute Gasteiger partial charge is 0.448 e. The zero-order valence-corrected chi connectivity index (χ0v) is 12.9. The fraction of sp³-hybridized carbons (Fsp3) is 0.529. The van der Waals surface area contributed by atoms with Gasteiger partial charge in [-0.05, 0) is 37.8 Å². The quantitative estimate of drug-likeness (QED) is 0.821. The van der Waals surface area contributed by atoms with Gasteiger partial charge in [0.15, 0.2) is 11.5 Å². The van der Waals surface area contributed by atoms with Crippen molar-refractivity contribution in [1.82, 2.24) is 5.32 Å². The Morgan fingerprint density at radius 1 is 1.00 bits per heavy atom. The maximum atomic E-state index is 11.9. The van der Waals surface area contributed by atoms with Gasteiger partial charge in [0.05, 0.1) is 0 Å². The van der Waals surface area contributed by atoms with Gasteiger partial charge < -0.3 is 20.1 Å². The Morgan fingerprint density at radius 2 is 1.74 bits per heavy atom. The third-order valence-electron chi connectivity index (χ3n) is 4.53. The zero-order valence-electron chi connectivity index (χ0n) is 12.9. The number of nitrogens with one attached hydrogen (secondary N) is 2. The van der Waals surface area contributed by atoms with E-state index in [2.05, 4.69) is 10.6 Å². The predicted molar refractivity (Wildman–Crippen MR) is 83.3 cm³/mol. The molecule has 1 aromatic rings. The molecule has 0 aromatic heterocycles. The molecule has 0 bridgehead atoms. The van der Waals surface area contributed by atoms with E-state index in [1.54, 1.807) is 18.2 Å². The molecule has 1 spiro atoms. The van der Waals surface area contributed by atoms with Crippen LogP contribution < -0.4 is 20.1 Å². The maximum absolute atomic E-state index is 11.9. The van der Waals surface area contributed by atoms with E-state index in [9.17, 15) is 9.59 Å². The summed E-state index contributed by atoms with van der Waals surface area (Å²) in [7, 11) is 0. The third-order valence-corrected chi connectivity index (χ3v) is 4.53. The van der Waals surface area contributed by atoms with Gasteiger partial charge in [-0.2, -0.15) is 0 Å². The molecule has 0 unspecified atom stereocenters. The molecule has 1 aromatic carbocycles. The lowest BCUT2D eigenvalue weighted by atomic mass is 9.94. The highest BCUT2D eigenvalue weighted by molar-refractivity contribution is 6.39. The maximum Gasteiger partial charge on any atom is 0.313 e. The Morgan fingerprint density at radius 3 is 2.48 bits per heavy atom. The van der Waals surface area contributed by atoms with Crippen LogP contribution in [-0.2, 0) is 9.59 Å². The van der Waals surface area contributed by atoms with Crippen molar-refractivity contribution in [1.29, 1.82) is 0 Å². The SMILES string of the molecule is O=C(Nc1ccc2c(c1)OC1(CCCCC1)O2)C(=O)NC1CC1. The van der Waals surface area contributed by atoms with Crippen molar-refractivity contribution in [3.05, 3.63) is 18.2 Å². The van der Waals surface area contributed by atoms with Crippen molar-refractivity contribution in [2.45, 2.75) is 56.8 Å². The molecule has 0 radical (unpaired) electrons. The number of hydrogen-bond donors (Lipinski definition) is 2. The average molecular weight is 316 g/mol. The first-order chi connectivity index (χ1) is 11.1. The van der Waals surface area contributed by atoms with Gasteiger partial charge in [-0.1, -0.05) is 6.42 Å². The molecule has 2 amide bonds. The zero-order chi connectivity index (χ0) is 15.9. The Hall–Kier alpha value is -2.24. The Balaban J connectivity index is 1.43. The van der Waals surface area contributed by atoms with Gasteiger partial charge in [0, 0.05) is 30.6 Å². The van der Waals surface area contributed by atoms with Gasteiger partial charge >= 0.3 is 11.8 Å². The summed E-state index contributed by atoms with van der Waals surface area (Å²) in [4.78, 5) is 23.6. The van der Waals surface area contributed by atoms with Crippen molar-refractivity contribution in [3.8, 4) is 11.5 Å². The number of hydrogen-bond acceptors (Lipinski definition) is 4. The number of carbonyl (C=O) groups excluding carboxylic acids is 2. The monoisotopic (exact) mass is 316 g/mol. The highest BCUT2D eigenvalue weighted by Gasteiger charge is 2.42. The van der Waals surface area contributed by atoms with Crippen LogP contribution in [0.2, 0.25) is 0 Å². The summed E-state index contributed by atoms with van der Waals surface area (Å²) in [5.74, 6) is -0.441. The molecule has 2 N–H and O–H groups in total. The first-order valence-corrected chi connectivity index (χ1v) is 8.28. The van der Waals surface area contributed by atoms with Crippen LogP contribution in [0.3, 0.4) is 0 Å². The van der Waals surface area contributed by atoms with Gasteiger partial charge in [0.25, 0.3) is 5.79 Å². The van der Waals surface area contributed by atoms with Crippen molar-refractivity contribution in [2.75, 3.05) is 5.32 Å². The van der Waals surface area contributed by atoms with E-state index in [0.29, 0.717) is 17.2 Å². The molecule has 23 heavy (non-hydrogen) atoms. The molecule has 6 heteroatoms. The second-order valence-electron chi connectivity index (χ2n) is 6.54. The third kappa shape index (κ3) is 2.98. The summed E-state index contributed by atoms with van der Waals surface area (Å²) in [6.07, 6.45) is 7.07. The normalized spacial score (nSPS) is 21.0. The number of rotatable bonds is 2. The van der Waals surface area contributed by atoms with Gasteiger partial charge in [-0.15, -0.1) is 0 Å². The molecule has 2 fully saturated rings. The van der Waals surface area contributed by atoms with Crippen LogP contribution in [0.15, 0.2) is 18.2 Å². The van der Waals surface area contributed by atoms with Crippen LogP contribution in [0, 0.1) is 0 Å². The summed E-state index contributed by atoms with van der Waals surface area (Å²) in [6.45, 7) is 0. The van der Waals surface area contributed by atoms with Crippen molar-refractivity contribution in [3.63, 3.8) is 0 Å². The van der Waals surface area contributed by atoms with E-state index >= 15 is 0 Å². The number of amides is 2. The number of anilines is 1. The molecule has 6 nitrogen and oxygen atoms in total. The second-order valence-corrected chi connectivity index (χ2v) is 6.54. The Kier molecular flexibility index (Phi) is 3.39. The summed E-state index contributed by atoms with van der Waals surface area (Å²) < 4.78 is 12.0. The Labute approximate surface area is 134 Å². The lowest BCUT2D eigenvalue weighted by Crippen LogP contribution is -2.40. The van der Waals surface area contributed by atoms with Crippen molar-refractivity contribution < 1.29 is 19.1 Å². The highest BCUT2D eigenvalue weighted by atomic mass is 16.7. The molecule has 3 aliphatic rings. The van der Waals surface area contributed by atoms with E-state index in [1.807, 2.05) is 0 Å². The summed E-state index contributed by atoms with van der Waals surface area (Å²) in [5.41, 5.74) is 0.538. The fourth-order valence-electron chi connectivity index (χ4n) is 3.13. The molecule has 4 rings (SSSR count). The molecule has 1 aliphatic heterocycles. The number of ether oxygens (including phenoxy) is 2. The van der Waals surface area contributed by atoms with Gasteiger partial charge in [-0.3, -0.25) is 9.59 Å². The van der Waals surface area contributed by atoms with Crippen molar-refractivity contribution in [2.24, 2.45) is 0 Å². The van der Waals surface area contributed by atoms with E-state index in [1.165, 1.54) is 6.42 Å². The second kappa shape index (κ2) is 5.44. The first-order valence-electron chi connectivity index (χ1n) is 8.28. The topological polar surface area (TPSA) is 76.7 Å². The molecular formula is C17H20N2O4. The summed E-state index contributed by atoms with van der Waals surface area (Å²) in [5, 5.41) is 5.28. The minimum absolute atomic E-state index is 0.163. The Bertz CT molecular complexity index is 648. The van der Waals surface area contributed by atoms with Crippen LogP contribution in [0.4, 0.5) is 5.69 Å². The van der Waals surface area contributed by atoms with E-state index < -0.39 is 17.6 Å². The molecular weight excluding hydrogens is 296 g/mol. The smallest absolute Gasteiger partial charge is 0.313 e. The van der Waals surface area contributed by atoms with Crippen LogP contribution >= 0.6 is 0 Å². The van der Waals surface area contributed by atoms with Crippen LogP contribution in [0.1, 0.15) is 44.9 Å². The standard InChI is InChI=1S/C17H20N2O4/c20-15(18-11-4-5-11)16(21)19-12-6-7-13-14(10-12)23-17(22-13)8-2-1-3-9-17/h6-7,10-11H,1-5,8-9H2,(H,18,20)(H,19,21). The molecule has 2 aliphatic carbocycles. The first kappa shape index (κ1) is 14.4. The van der Waals surface area contributed by atoms with Gasteiger partial charge in [-0.25, -0.2) is 0 Å². The number of carbonyl (C=O) groups is 2. The number of fused-ring (bicyclic) bond motifs is 1. The highest BCUT2D eigenvalue weighted by Crippen LogP contribution is 2.46. The van der Waals surface area contributed by atoms with Crippen LogP contribution in [0.5, 0.6) is 11.5 Å². The molecule has 0 saturated heterocycles. The average Bonchev–Trinajstić information content (AvgIpc) is 3.28. The molecule has 2 saturated carbocycles. The lowest BCUT2D eigenvalue weighted by molar-refractivity contribution is -0.136. The van der Waals surface area contributed by atoms with Crippen LogP contribution in [-0.4, -0.2) is 23.6 Å². The lowest BCUT2D eigenvalue weighted by Gasteiger charge is -2.31. The molecule has 122 valence electrons. The van der Waals surface area contributed by atoms with Crippen LogP contribution in [0.25, 0.3) is 0 Å². The van der Waals surface area contributed by atoms with E-state index in [-0.39, 0.29) is 6.04 Å². The van der Waals surface area contributed by atoms with E-state index in [4.69, 9.17) is 9.47 Å². The van der Waals surface area contributed by atoms with Gasteiger partial charge in [0.1, 0.15) is 0 Å². The fourth-order valence-corrected chi connectivity index (χ4v) is 3.13. The summed E-state index contributed by atoms with van der Waals surface area (Å²) >= 11 is 0. The van der Waals surface area contributed by atoms with Gasteiger partial charge in [0.2, 0.25) is 0 Å².